The van der Waals surface area contributed by atoms with Crippen molar-refractivity contribution in [2.45, 2.75) is 51.5 Å². The molecule has 8 nitrogen and oxygen atoms in total. The first-order chi connectivity index (χ1) is 13.7. The van der Waals surface area contributed by atoms with Crippen molar-refractivity contribution in [3.8, 4) is 0 Å². The monoisotopic (exact) mass is 401 g/mol. The highest BCUT2D eigenvalue weighted by Gasteiger charge is 2.56. The van der Waals surface area contributed by atoms with E-state index in [1.54, 1.807) is 19.1 Å². The van der Waals surface area contributed by atoms with Crippen molar-refractivity contribution in [2.24, 2.45) is 5.92 Å². The van der Waals surface area contributed by atoms with E-state index < -0.39 is 42.5 Å². The maximum absolute atomic E-state index is 12.5. The Labute approximate surface area is 170 Å². The van der Waals surface area contributed by atoms with Crippen molar-refractivity contribution in [1.29, 1.82) is 0 Å². The molecule has 1 aromatic rings. The highest BCUT2D eigenvalue weighted by Crippen LogP contribution is 2.42. The van der Waals surface area contributed by atoms with E-state index in [9.17, 15) is 19.2 Å². The second-order valence-electron chi connectivity index (χ2n) is 7.94. The molecular weight excluding hydrogens is 374 g/mol. The number of hydrogen-bond donors (Lipinski definition) is 2. The quantitative estimate of drug-likeness (QED) is 0.514. The molecule has 1 aromatic carbocycles. The number of nitrogens with zero attached hydrogens (tertiary/aromatic N) is 1. The Hall–Kier alpha value is -2.90. The number of benzene rings is 1. The molecule has 0 aromatic heterocycles. The molecule has 3 rings (SSSR count). The lowest BCUT2D eigenvalue weighted by atomic mass is 9.96. The Bertz CT molecular complexity index is 818. The van der Waals surface area contributed by atoms with Gasteiger partial charge in [-0.15, -0.1) is 0 Å². The van der Waals surface area contributed by atoms with Crippen molar-refractivity contribution in [3.05, 3.63) is 29.8 Å². The summed E-state index contributed by atoms with van der Waals surface area (Å²) in [6.45, 7) is 4.92. The minimum absolute atomic E-state index is 0.109. The lowest BCUT2D eigenvalue weighted by Gasteiger charge is -2.20. The zero-order valence-electron chi connectivity index (χ0n) is 17.0. The molecule has 1 saturated heterocycles. The highest BCUT2D eigenvalue weighted by atomic mass is 16.5. The number of carbonyl (C=O) groups is 4. The Kier molecular flexibility index (Phi) is 5.91. The van der Waals surface area contributed by atoms with Crippen molar-refractivity contribution >= 4 is 29.5 Å². The van der Waals surface area contributed by atoms with Crippen LogP contribution in [0.15, 0.2) is 24.3 Å². The third-order valence-corrected chi connectivity index (χ3v) is 5.72. The van der Waals surface area contributed by atoms with E-state index in [1.807, 2.05) is 12.1 Å². The van der Waals surface area contributed by atoms with Gasteiger partial charge in [-0.2, -0.15) is 0 Å². The van der Waals surface area contributed by atoms with E-state index >= 15 is 0 Å². The normalized spacial score (nSPS) is 22.2. The molecular formula is C21H27N3O5. The molecule has 29 heavy (non-hydrogen) atoms. The second kappa shape index (κ2) is 8.23. The zero-order chi connectivity index (χ0) is 21.2. The third-order valence-electron chi connectivity index (χ3n) is 5.72. The molecule has 0 spiro atoms. The predicted octanol–water partition coefficient (Wildman–Crippen LogP) is 2.40. The molecule has 4 amide bonds. The van der Waals surface area contributed by atoms with E-state index in [0.717, 1.165) is 24.2 Å². The molecule has 1 saturated carbocycles. The maximum atomic E-state index is 12.5. The summed E-state index contributed by atoms with van der Waals surface area (Å²) in [5, 5.41) is 5.31. The topological polar surface area (TPSA) is 105 Å². The lowest BCUT2D eigenvalue weighted by molar-refractivity contribution is -0.150. The van der Waals surface area contributed by atoms with Gasteiger partial charge < -0.3 is 15.4 Å². The van der Waals surface area contributed by atoms with Gasteiger partial charge in [-0.3, -0.25) is 19.3 Å². The van der Waals surface area contributed by atoms with Gasteiger partial charge in [0.15, 0.2) is 6.61 Å². The first kappa shape index (κ1) is 20.8. The molecule has 2 fully saturated rings. The highest BCUT2D eigenvalue weighted by molar-refractivity contribution is 6.09. The largest absolute Gasteiger partial charge is 0.454 e. The van der Waals surface area contributed by atoms with Crippen LogP contribution in [0.3, 0.4) is 0 Å². The maximum Gasteiger partial charge on any atom is 0.326 e. The summed E-state index contributed by atoms with van der Waals surface area (Å²) in [5.41, 5.74) is 0.840. The summed E-state index contributed by atoms with van der Waals surface area (Å²) in [6.07, 6.45) is 2.78. The molecule has 2 atom stereocenters. The summed E-state index contributed by atoms with van der Waals surface area (Å²) < 4.78 is 4.93. The minimum atomic E-state index is -0.948. The second-order valence-corrected chi connectivity index (χ2v) is 7.94. The van der Waals surface area contributed by atoms with Crippen molar-refractivity contribution in [1.82, 2.24) is 10.2 Å². The standard InChI is InChI=1S/C21H27N3O5/c1-4-13(2)14-5-9-16(10-6-14)22-17(25)12-29-18(26)11-24-19(27)21(3,15-7-8-15)23-20(24)28/h5-6,9-10,13,15H,4,7-8,11-12H2,1-3H3,(H,22,25)(H,23,28)/t13-,21+/m0/s1. The Morgan fingerprint density at radius 1 is 1.28 bits per heavy atom. The molecule has 2 N–H and O–H groups in total. The van der Waals surface area contributed by atoms with Gasteiger partial charge in [0.2, 0.25) is 0 Å². The number of carbonyl (C=O) groups excluding carboxylic acids is 4. The fourth-order valence-electron chi connectivity index (χ4n) is 3.45. The van der Waals surface area contributed by atoms with Gasteiger partial charge in [0.05, 0.1) is 0 Å². The Morgan fingerprint density at radius 2 is 1.93 bits per heavy atom. The SMILES string of the molecule is CC[C@H](C)c1ccc(NC(=O)COC(=O)CN2C(=O)N[C@](C)(C3CC3)C2=O)cc1. The van der Waals surface area contributed by atoms with Crippen LogP contribution in [0.1, 0.15) is 51.5 Å². The van der Waals surface area contributed by atoms with Crippen LogP contribution >= 0.6 is 0 Å². The summed E-state index contributed by atoms with van der Waals surface area (Å²) in [6, 6.07) is 6.89. The fourth-order valence-corrected chi connectivity index (χ4v) is 3.45. The van der Waals surface area contributed by atoms with Crippen LogP contribution in [0, 0.1) is 5.92 Å². The number of imide groups is 1. The number of urea groups is 1. The van der Waals surface area contributed by atoms with Crippen molar-refractivity contribution < 1.29 is 23.9 Å². The van der Waals surface area contributed by atoms with E-state index in [-0.39, 0.29) is 5.92 Å². The number of rotatable bonds is 8. The fraction of sp³-hybridized carbons (Fsp3) is 0.524. The summed E-state index contributed by atoms with van der Waals surface area (Å²) >= 11 is 0. The van der Waals surface area contributed by atoms with E-state index in [2.05, 4.69) is 24.5 Å². The van der Waals surface area contributed by atoms with Gasteiger partial charge >= 0.3 is 12.0 Å². The van der Waals surface area contributed by atoms with Gasteiger partial charge in [-0.1, -0.05) is 26.0 Å². The smallest absolute Gasteiger partial charge is 0.326 e. The van der Waals surface area contributed by atoms with Gasteiger partial charge in [0.1, 0.15) is 12.1 Å². The van der Waals surface area contributed by atoms with Gasteiger partial charge in [0.25, 0.3) is 11.8 Å². The number of amides is 4. The molecule has 1 aliphatic carbocycles. The average molecular weight is 401 g/mol. The molecule has 2 aliphatic rings. The number of anilines is 1. The van der Waals surface area contributed by atoms with Crippen LogP contribution in [-0.4, -0.2) is 47.4 Å². The third kappa shape index (κ3) is 4.58. The van der Waals surface area contributed by atoms with Crippen LogP contribution in [0.5, 0.6) is 0 Å². The summed E-state index contributed by atoms with van der Waals surface area (Å²) in [5.74, 6) is -1.18. The Balaban J connectivity index is 1.46. The number of hydrogen-bond acceptors (Lipinski definition) is 5. The van der Waals surface area contributed by atoms with Crippen molar-refractivity contribution in [2.75, 3.05) is 18.5 Å². The van der Waals surface area contributed by atoms with Gasteiger partial charge in [0, 0.05) is 5.69 Å². The molecule has 156 valence electrons. The van der Waals surface area contributed by atoms with Crippen LogP contribution in [0.25, 0.3) is 0 Å². The van der Waals surface area contributed by atoms with E-state index in [0.29, 0.717) is 11.6 Å². The predicted molar refractivity (Wildman–Crippen MR) is 106 cm³/mol. The zero-order valence-corrected chi connectivity index (χ0v) is 17.0. The number of ether oxygens (including phenoxy) is 1. The molecule has 0 radical (unpaired) electrons. The number of esters is 1. The summed E-state index contributed by atoms with van der Waals surface area (Å²) in [4.78, 5) is 49.4. The van der Waals surface area contributed by atoms with Crippen LogP contribution in [-0.2, 0) is 19.1 Å². The van der Waals surface area contributed by atoms with Crippen LogP contribution in [0.2, 0.25) is 0 Å². The Morgan fingerprint density at radius 3 is 2.52 bits per heavy atom. The molecule has 0 bridgehead atoms. The number of nitrogens with one attached hydrogen (secondary N) is 2. The molecule has 0 unspecified atom stereocenters. The van der Waals surface area contributed by atoms with Gasteiger partial charge in [-0.25, -0.2) is 4.79 Å². The molecule has 1 heterocycles. The van der Waals surface area contributed by atoms with E-state index in [1.165, 1.54) is 5.56 Å². The van der Waals surface area contributed by atoms with Gasteiger partial charge in [-0.05, 0) is 55.7 Å². The van der Waals surface area contributed by atoms with Crippen LogP contribution < -0.4 is 10.6 Å². The molecule has 8 heteroatoms. The minimum Gasteiger partial charge on any atom is -0.454 e. The van der Waals surface area contributed by atoms with Crippen LogP contribution in [0.4, 0.5) is 10.5 Å². The summed E-state index contributed by atoms with van der Waals surface area (Å²) in [7, 11) is 0. The first-order valence-corrected chi connectivity index (χ1v) is 9.94. The average Bonchev–Trinajstić information content (AvgIpc) is 3.52. The van der Waals surface area contributed by atoms with E-state index in [4.69, 9.17) is 4.74 Å². The van der Waals surface area contributed by atoms with Crippen molar-refractivity contribution in [3.63, 3.8) is 0 Å². The first-order valence-electron chi connectivity index (χ1n) is 9.94. The molecule has 1 aliphatic heterocycles. The lowest BCUT2D eigenvalue weighted by Crippen LogP contribution is -2.46.